The van der Waals surface area contributed by atoms with E-state index in [2.05, 4.69) is 4.72 Å². The minimum Gasteiger partial charge on any atom is -0.214 e. The van der Waals surface area contributed by atoms with Gasteiger partial charge in [0.05, 0.1) is 4.90 Å². The van der Waals surface area contributed by atoms with Crippen molar-refractivity contribution in [2.75, 3.05) is 7.05 Å². The summed E-state index contributed by atoms with van der Waals surface area (Å²) in [5.41, 5.74) is 1.71. The lowest BCUT2D eigenvalue weighted by Gasteiger charge is -2.06. The monoisotopic (exact) mass is 199 g/mol. The topological polar surface area (TPSA) is 46.2 Å². The van der Waals surface area contributed by atoms with Crippen LogP contribution in [-0.2, 0) is 10.0 Å². The van der Waals surface area contributed by atoms with Gasteiger partial charge in [-0.1, -0.05) is 12.1 Å². The fraction of sp³-hybridized carbons (Fsp3) is 0.333. The molecule has 3 nitrogen and oxygen atoms in total. The Morgan fingerprint density at radius 1 is 1.23 bits per heavy atom. The maximum atomic E-state index is 11.5. The van der Waals surface area contributed by atoms with Gasteiger partial charge in [-0.3, -0.25) is 0 Å². The SMILES string of the molecule is CNS(=O)(=O)c1cc(C)ccc1C. The Balaban J connectivity index is 3.38. The van der Waals surface area contributed by atoms with Crippen molar-refractivity contribution >= 4 is 10.0 Å². The summed E-state index contributed by atoms with van der Waals surface area (Å²) >= 11 is 0. The van der Waals surface area contributed by atoms with Crippen LogP contribution in [0.1, 0.15) is 11.1 Å². The zero-order chi connectivity index (χ0) is 10.1. The van der Waals surface area contributed by atoms with E-state index in [9.17, 15) is 8.42 Å². The van der Waals surface area contributed by atoms with Crippen LogP contribution < -0.4 is 4.72 Å². The molecule has 0 bridgehead atoms. The zero-order valence-corrected chi connectivity index (χ0v) is 8.77. The van der Waals surface area contributed by atoms with Crippen LogP contribution in [0.25, 0.3) is 0 Å². The van der Waals surface area contributed by atoms with E-state index in [-0.39, 0.29) is 0 Å². The zero-order valence-electron chi connectivity index (χ0n) is 7.96. The van der Waals surface area contributed by atoms with Crippen LogP contribution in [0, 0.1) is 13.8 Å². The van der Waals surface area contributed by atoms with Crippen molar-refractivity contribution in [2.24, 2.45) is 0 Å². The number of rotatable bonds is 2. The molecule has 4 heteroatoms. The lowest BCUT2D eigenvalue weighted by Crippen LogP contribution is -2.19. The number of hydrogen-bond donors (Lipinski definition) is 1. The second kappa shape index (κ2) is 3.47. The first-order valence-electron chi connectivity index (χ1n) is 3.98. The first-order chi connectivity index (χ1) is 5.97. The van der Waals surface area contributed by atoms with E-state index in [4.69, 9.17) is 0 Å². The van der Waals surface area contributed by atoms with Crippen molar-refractivity contribution in [2.45, 2.75) is 18.7 Å². The number of aryl methyl sites for hydroxylation is 2. The molecule has 13 heavy (non-hydrogen) atoms. The molecule has 0 aliphatic carbocycles. The van der Waals surface area contributed by atoms with E-state index in [1.807, 2.05) is 13.0 Å². The van der Waals surface area contributed by atoms with Crippen LogP contribution in [0.3, 0.4) is 0 Å². The molecule has 72 valence electrons. The van der Waals surface area contributed by atoms with Gasteiger partial charge in [-0.15, -0.1) is 0 Å². The third kappa shape index (κ3) is 2.08. The van der Waals surface area contributed by atoms with Crippen LogP contribution in [0.2, 0.25) is 0 Å². The Hall–Kier alpha value is -0.870. The molecular weight excluding hydrogens is 186 g/mol. The van der Waals surface area contributed by atoms with Crippen molar-refractivity contribution in [1.29, 1.82) is 0 Å². The Kier molecular flexibility index (Phi) is 2.73. The molecular formula is C9H13NO2S. The summed E-state index contributed by atoms with van der Waals surface area (Å²) in [6.45, 7) is 3.65. The molecule has 0 aliphatic rings. The Morgan fingerprint density at radius 2 is 1.85 bits per heavy atom. The third-order valence-electron chi connectivity index (χ3n) is 1.90. The Bertz CT molecular complexity index is 410. The second-order valence-corrected chi connectivity index (χ2v) is 4.83. The van der Waals surface area contributed by atoms with Gasteiger partial charge in [0, 0.05) is 0 Å². The van der Waals surface area contributed by atoms with E-state index >= 15 is 0 Å². The normalized spacial score (nSPS) is 11.6. The van der Waals surface area contributed by atoms with Crippen molar-refractivity contribution in [3.05, 3.63) is 29.3 Å². The average Bonchev–Trinajstić information content (AvgIpc) is 2.09. The number of nitrogens with one attached hydrogen (secondary N) is 1. The highest BCUT2D eigenvalue weighted by Gasteiger charge is 2.13. The fourth-order valence-electron chi connectivity index (χ4n) is 1.11. The summed E-state index contributed by atoms with van der Waals surface area (Å²) in [4.78, 5) is 0.356. The molecule has 0 aromatic heterocycles. The van der Waals surface area contributed by atoms with Gasteiger partial charge in [0.1, 0.15) is 0 Å². The van der Waals surface area contributed by atoms with Crippen molar-refractivity contribution in [1.82, 2.24) is 4.72 Å². The Labute approximate surface area is 78.8 Å². The standard InChI is InChI=1S/C9H13NO2S/c1-7-4-5-8(2)9(6-7)13(11,12)10-3/h4-6,10H,1-3H3. The molecule has 0 radical (unpaired) electrons. The molecule has 1 N–H and O–H groups in total. The van der Waals surface area contributed by atoms with Crippen molar-refractivity contribution < 1.29 is 8.42 Å². The predicted molar refractivity (Wildman–Crippen MR) is 52.2 cm³/mol. The molecule has 0 fully saturated rings. The summed E-state index contributed by atoms with van der Waals surface area (Å²) in [6, 6.07) is 5.37. The van der Waals surface area contributed by atoms with E-state index in [1.165, 1.54) is 7.05 Å². The van der Waals surface area contributed by atoms with Crippen LogP contribution >= 0.6 is 0 Å². The van der Waals surface area contributed by atoms with Gasteiger partial charge in [-0.25, -0.2) is 13.1 Å². The average molecular weight is 199 g/mol. The van der Waals surface area contributed by atoms with Gasteiger partial charge in [0.25, 0.3) is 0 Å². The van der Waals surface area contributed by atoms with Gasteiger partial charge in [0.15, 0.2) is 0 Å². The van der Waals surface area contributed by atoms with E-state index < -0.39 is 10.0 Å². The number of sulfonamides is 1. The van der Waals surface area contributed by atoms with Gasteiger partial charge >= 0.3 is 0 Å². The highest BCUT2D eigenvalue weighted by Crippen LogP contribution is 2.15. The Morgan fingerprint density at radius 3 is 2.38 bits per heavy atom. The summed E-state index contributed by atoms with van der Waals surface area (Å²) in [5, 5.41) is 0. The molecule has 0 aliphatic heterocycles. The molecule has 0 saturated heterocycles. The van der Waals surface area contributed by atoms with Crippen LogP contribution in [0.5, 0.6) is 0 Å². The van der Waals surface area contributed by atoms with E-state index in [0.29, 0.717) is 4.90 Å². The summed E-state index contributed by atoms with van der Waals surface area (Å²) in [5.74, 6) is 0. The largest absolute Gasteiger partial charge is 0.240 e. The molecule has 0 heterocycles. The highest BCUT2D eigenvalue weighted by molar-refractivity contribution is 7.89. The smallest absolute Gasteiger partial charge is 0.214 e. The molecule has 1 aromatic rings. The maximum Gasteiger partial charge on any atom is 0.240 e. The van der Waals surface area contributed by atoms with Crippen molar-refractivity contribution in [3.63, 3.8) is 0 Å². The highest BCUT2D eigenvalue weighted by atomic mass is 32.2. The lowest BCUT2D eigenvalue weighted by atomic mass is 10.2. The molecule has 0 amide bonds. The van der Waals surface area contributed by atoms with Crippen LogP contribution in [-0.4, -0.2) is 15.5 Å². The van der Waals surface area contributed by atoms with Gasteiger partial charge < -0.3 is 0 Å². The molecule has 1 rings (SSSR count). The minimum absolute atomic E-state index is 0.356. The molecule has 0 unspecified atom stereocenters. The van der Waals surface area contributed by atoms with Gasteiger partial charge in [-0.05, 0) is 38.1 Å². The fourth-order valence-corrected chi connectivity index (χ4v) is 2.16. The first kappa shape index (κ1) is 10.2. The maximum absolute atomic E-state index is 11.5. The molecule has 0 saturated carbocycles. The first-order valence-corrected chi connectivity index (χ1v) is 5.46. The lowest BCUT2D eigenvalue weighted by molar-refractivity contribution is 0.587. The van der Waals surface area contributed by atoms with Gasteiger partial charge in [0.2, 0.25) is 10.0 Å². The quantitative estimate of drug-likeness (QED) is 0.778. The predicted octanol–water partition coefficient (Wildman–Crippen LogP) is 1.21. The molecule has 1 aromatic carbocycles. The molecule has 0 spiro atoms. The van der Waals surface area contributed by atoms with E-state index in [1.54, 1.807) is 19.1 Å². The van der Waals surface area contributed by atoms with Crippen LogP contribution in [0.15, 0.2) is 23.1 Å². The minimum atomic E-state index is -3.30. The summed E-state index contributed by atoms with van der Waals surface area (Å²) in [7, 11) is -1.89. The second-order valence-electron chi connectivity index (χ2n) is 2.98. The summed E-state index contributed by atoms with van der Waals surface area (Å²) in [6.07, 6.45) is 0. The third-order valence-corrected chi connectivity index (χ3v) is 3.46. The number of benzene rings is 1. The number of hydrogen-bond acceptors (Lipinski definition) is 2. The van der Waals surface area contributed by atoms with E-state index in [0.717, 1.165) is 11.1 Å². The van der Waals surface area contributed by atoms with Crippen LogP contribution in [0.4, 0.5) is 0 Å². The molecule has 0 atom stereocenters. The van der Waals surface area contributed by atoms with Crippen molar-refractivity contribution in [3.8, 4) is 0 Å². The summed E-state index contributed by atoms with van der Waals surface area (Å²) < 4.78 is 25.2. The van der Waals surface area contributed by atoms with Gasteiger partial charge in [-0.2, -0.15) is 0 Å².